The van der Waals surface area contributed by atoms with Gasteiger partial charge in [0.15, 0.2) is 0 Å². The summed E-state index contributed by atoms with van der Waals surface area (Å²) in [6, 6.07) is 0. The number of carbonyl (C=O) groups is 1. The van der Waals surface area contributed by atoms with Gasteiger partial charge in [-0.15, -0.1) is 0 Å². The van der Waals surface area contributed by atoms with Crippen LogP contribution >= 0.6 is 0 Å². The molecule has 1 aliphatic heterocycles. The third-order valence-electron chi connectivity index (χ3n) is 4.64. The molecule has 0 aromatic rings. The second kappa shape index (κ2) is 4.69. The summed E-state index contributed by atoms with van der Waals surface area (Å²) in [6.07, 6.45) is 10.2. The van der Waals surface area contributed by atoms with Gasteiger partial charge in [-0.05, 0) is 38.0 Å². The minimum absolute atomic E-state index is 0.166. The quantitative estimate of drug-likeness (QED) is 0.703. The number of carbonyl (C=O) groups excluding carboxylic acids is 1. The summed E-state index contributed by atoms with van der Waals surface area (Å²) in [7, 11) is 0. The highest BCUT2D eigenvalue weighted by Crippen LogP contribution is 2.38. The maximum Gasteiger partial charge on any atom is 0.229 e. The number of nitrogens with zero attached hydrogens (tertiary/aromatic N) is 1. The molecule has 0 spiro atoms. The summed E-state index contributed by atoms with van der Waals surface area (Å²) in [5.74, 6) is 1.07. The Morgan fingerprint density at radius 1 is 1.39 bits per heavy atom. The Labute approximate surface area is 109 Å². The molecule has 2 atom stereocenters. The van der Waals surface area contributed by atoms with Gasteiger partial charge in [-0.1, -0.05) is 19.1 Å². The van der Waals surface area contributed by atoms with Crippen molar-refractivity contribution in [2.45, 2.75) is 45.1 Å². The number of morpholine rings is 1. The number of ether oxygens (including phenoxy) is 1. The lowest BCUT2D eigenvalue weighted by molar-refractivity contribution is -0.150. The first-order chi connectivity index (χ1) is 8.69. The molecule has 1 saturated heterocycles. The van der Waals surface area contributed by atoms with Crippen LogP contribution in [-0.2, 0) is 9.53 Å². The number of hydrogen-bond acceptors (Lipinski definition) is 2. The van der Waals surface area contributed by atoms with E-state index < -0.39 is 0 Å². The molecule has 0 bridgehead atoms. The number of amides is 1. The summed E-state index contributed by atoms with van der Waals surface area (Å²) in [4.78, 5) is 14.8. The van der Waals surface area contributed by atoms with Crippen molar-refractivity contribution in [2.75, 3.05) is 19.7 Å². The molecule has 0 N–H and O–H groups in total. The number of rotatable bonds is 2. The zero-order valence-electron chi connectivity index (χ0n) is 11.2. The molecule has 3 nitrogen and oxygen atoms in total. The van der Waals surface area contributed by atoms with E-state index in [0.717, 1.165) is 44.9 Å². The second-order valence-electron chi connectivity index (χ2n) is 6.27. The monoisotopic (exact) mass is 249 g/mol. The molecule has 1 amide bonds. The molecular formula is C15H23NO2. The van der Waals surface area contributed by atoms with Crippen LogP contribution in [0.25, 0.3) is 0 Å². The average molecular weight is 249 g/mol. The van der Waals surface area contributed by atoms with E-state index >= 15 is 0 Å². The molecule has 3 rings (SSSR count). The predicted octanol–water partition coefficient (Wildman–Crippen LogP) is 2.37. The lowest BCUT2D eigenvalue weighted by atomic mass is 9.77. The van der Waals surface area contributed by atoms with Crippen molar-refractivity contribution in [3.05, 3.63) is 12.2 Å². The summed E-state index contributed by atoms with van der Waals surface area (Å²) < 4.78 is 5.79. The van der Waals surface area contributed by atoms with Gasteiger partial charge in [0.05, 0.1) is 18.1 Å². The molecule has 2 unspecified atom stereocenters. The molecule has 18 heavy (non-hydrogen) atoms. The first kappa shape index (κ1) is 12.2. The van der Waals surface area contributed by atoms with E-state index in [9.17, 15) is 4.79 Å². The van der Waals surface area contributed by atoms with Gasteiger partial charge < -0.3 is 9.64 Å². The van der Waals surface area contributed by atoms with Gasteiger partial charge in [0.25, 0.3) is 0 Å². The molecule has 0 aromatic carbocycles. The lowest BCUT2D eigenvalue weighted by Gasteiger charge is -2.39. The Balaban J connectivity index is 1.65. The third-order valence-corrected chi connectivity index (χ3v) is 4.64. The molecule has 1 saturated carbocycles. The maximum atomic E-state index is 12.7. The molecule has 100 valence electrons. The van der Waals surface area contributed by atoms with E-state index in [1.165, 1.54) is 12.8 Å². The first-order valence-electron chi connectivity index (χ1n) is 7.25. The van der Waals surface area contributed by atoms with Gasteiger partial charge in [0.2, 0.25) is 5.91 Å². The standard InChI is InChI=1S/C15H23NO2/c1-15(7-3-2-4-8-15)14(17)16-9-10-18-13(11-16)12-5-6-12/h2-3,12-13H,4-11H2,1H3. The molecule has 2 fully saturated rings. The van der Waals surface area contributed by atoms with Crippen LogP contribution in [0.15, 0.2) is 12.2 Å². The van der Waals surface area contributed by atoms with E-state index in [0.29, 0.717) is 12.0 Å². The maximum absolute atomic E-state index is 12.7. The fourth-order valence-electron chi connectivity index (χ4n) is 3.15. The minimum Gasteiger partial charge on any atom is -0.374 e. The van der Waals surface area contributed by atoms with E-state index in [2.05, 4.69) is 24.0 Å². The Morgan fingerprint density at radius 2 is 2.22 bits per heavy atom. The summed E-state index contributed by atoms with van der Waals surface area (Å²) >= 11 is 0. The zero-order chi connectivity index (χ0) is 12.6. The molecule has 0 aromatic heterocycles. The highest BCUT2D eigenvalue weighted by molar-refractivity contribution is 5.82. The molecule has 3 heteroatoms. The van der Waals surface area contributed by atoms with Gasteiger partial charge in [-0.25, -0.2) is 0 Å². The highest BCUT2D eigenvalue weighted by atomic mass is 16.5. The van der Waals surface area contributed by atoms with Crippen LogP contribution in [0.1, 0.15) is 39.0 Å². The van der Waals surface area contributed by atoms with Crippen LogP contribution in [0.4, 0.5) is 0 Å². The fourth-order valence-corrected chi connectivity index (χ4v) is 3.15. The summed E-state index contributed by atoms with van der Waals surface area (Å²) in [5.41, 5.74) is -0.166. The van der Waals surface area contributed by atoms with Gasteiger partial charge in [-0.3, -0.25) is 4.79 Å². The van der Waals surface area contributed by atoms with E-state index in [4.69, 9.17) is 4.74 Å². The van der Waals surface area contributed by atoms with Crippen molar-refractivity contribution < 1.29 is 9.53 Å². The molecule has 2 aliphatic carbocycles. The van der Waals surface area contributed by atoms with Gasteiger partial charge in [-0.2, -0.15) is 0 Å². The highest BCUT2D eigenvalue weighted by Gasteiger charge is 2.41. The smallest absolute Gasteiger partial charge is 0.229 e. The van der Waals surface area contributed by atoms with E-state index in [-0.39, 0.29) is 5.41 Å². The molecular weight excluding hydrogens is 226 g/mol. The van der Waals surface area contributed by atoms with Crippen molar-refractivity contribution in [3.63, 3.8) is 0 Å². The number of allylic oxidation sites excluding steroid dienone is 2. The Morgan fingerprint density at radius 3 is 2.89 bits per heavy atom. The second-order valence-corrected chi connectivity index (χ2v) is 6.27. The Hall–Kier alpha value is -0.830. The predicted molar refractivity (Wildman–Crippen MR) is 70.1 cm³/mol. The molecule has 0 radical (unpaired) electrons. The van der Waals surface area contributed by atoms with Crippen molar-refractivity contribution in [1.82, 2.24) is 4.90 Å². The van der Waals surface area contributed by atoms with Crippen LogP contribution < -0.4 is 0 Å². The largest absolute Gasteiger partial charge is 0.374 e. The van der Waals surface area contributed by atoms with Crippen LogP contribution in [0.5, 0.6) is 0 Å². The number of hydrogen-bond donors (Lipinski definition) is 0. The normalized spacial score (nSPS) is 36.7. The van der Waals surface area contributed by atoms with Crippen molar-refractivity contribution in [3.8, 4) is 0 Å². The molecule has 1 heterocycles. The van der Waals surface area contributed by atoms with Crippen LogP contribution in [0.2, 0.25) is 0 Å². The lowest BCUT2D eigenvalue weighted by Crippen LogP contribution is -2.51. The minimum atomic E-state index is -0.166. The molecule has 3 aliphatic rings. The topological polar surface area (TPSA) is 29.5 Å². The SMILES string of the molecule is CC1(C(=O)N2CCOC(C3CC3)C2)CC=CCC1. The van der Waals surface area contributed by atoms with Gasteiger partial charge in [0.1, 0.15) is 0 Å². The van der Waals surface area contributed by atoms with Crippen molar-refractivity contribution in [1.29, 1.82) is 0 Å². The van der Waals surface area contributed by atoms with Gasteiger partial charge in [0, 0.05) is 13.1 Å². The third kappa shape index (κ3) is 2.33. The van der Waals surface area contributed by atoms with Crippen molar-refractivity contribution in [2.24, 2.45) is 11.3 Å². The van der Waals surface area contributed by atoms with Crippen LogP contribution in [0, 0.1) is 11.3 Å². The Bertz CT molecular complexity index is 362. The zero-order valence-corrected chi connectivity index (χ0v) is 11.2. The van der Waals surface area contributed by atoms with Gasteiger partial charge >= 0.3 is 0 Å². The first-order valence-corrected chi connectivity index (χ1v) is 7.25. The van der Waals surface area contributed by atoms with Crippen LogP contribution in [0.3, 0.4) is 0 Å². The van der Waals surface area contributed by atoms with Crippen LogP contribution in [-0.4, -0.2) is 36.6 Å². The Kier molecular flexibility index (Phi) is 3.18. The van der Waals surface area contributed by atoms with E-state index in [1.807, 2.05) is 0 Å². The average Bonchev–Trinajstić information content (AvgIpc) is 3.23. The summed E-state index contributed by atoms with van der Waals surface area (Å²) in [5, 5.41) is 0. The summed E-state index contributed by atoms with van der Waals surface area (Å²) in [6.45, 7) is 4.45. The fraction of sp³-hybridized carbons (Fsp3) is 0.800. The van der Waals surface area contributed by atoms with E-state index in [1.54, 1.807) is 0 Å². The van der Waals surface area contributed by atoms with Crippen molar-refractivity contribution >= 4 is 5.91 Å².